The van der Waals surface area contributed by atoms with E-state index in [-0.39, 0.29) is 11.6 Å². The molecule has 0 unspecified atom stereocenters. The molecule has 0 aromatic carbocycles. The molecule has 3 nitrogen and oxygen atoms in total. The van der Waals surface area contributed by atoms with Crippen LogP contribution in [0.25, 0.3) is 0 Å². The molecular formula is C13H25NO2. The summed E-state index contributed by atoms with van der Waals surface area (Å²) in [6, 6.07) is 0.907. The molecule has 0 saturated carbocycles. The second-order valence-electron chi connectivity index (χ2n) is 5.92. The molecule has 3 heteroatoms. The minimum absolute atomic E-state index is 0.0648. The maximum Gasteiger partial charge on any atom is 0.307 e. The Morgan fingerprint density at radius 2 is 2.06 bits per heavy atom. The van der Waals surface area contributed by atoms with E-state index in [1.165, 1.54) is 6.42 Å². The standard InChI is InChI=1S/C13H25NO2/c1-10(2)14-8-6-7-11(14)9-12(15)16-13(3,4)5/h10-11H,6-9H2,1-5H3/t11-/m0/s1. The van der Waals surface area contributed by atoms with Crippen LogP contribution in [0.2, 0.25) is 0 Å². The number of carbonyl (C=O) groups excluding carboxylic acids is 1. The van der Waals surface area contributed by atoms with Gasteiger partial charge < -0.3 is 4.74 Å². The smallest absolute Gasteiger partial charge is 0.307 e. The number of nitrogens with zero attached hydrogens (tertiary/aromatic N) is 1. The molecule has 1 heterocycles. The summed E-state index contributed by atoms with van der Waals surface area (Å²) >= 11 is 0. The molecule has 1 fully saturated rings. The van der Waals surface area contributed by atoms with Crippen molar-refractivity contribution in [2.45, 2.75) is 71.6 Å². The summed E-state index contributed by atoms with van der Waals surface area (Å²) in [5, 5.41) is 0. The van der Waals surface area contributed by atoms with Crippen molar-refractivity contribution in [2.75, 3.05) is 6.54 Å². The molecule has 1 atom stereocenters. The molecular weight excluding hydrogens is 202 g/mol. The Morgan fingerprint density at radius 3 is 2.56 bits per heavy atom. The zero-order chi connectivity index (χ0) is 12.3. The van der Waals surface area contributed by atoms with Gasteiger partial charge in [-0.05, 0) is 54.0 Å². The summed E-state index contributed by atoms with van der Waals surface area (Å²) in [6.07, 6.45) is 2.86. The highest BCUT2D eigenvalue weighted by Crippen LogP contribution is 2.23. The van der Waals surface area contributed by atoms with Crippen molar-refractivity contribution < 1.29 is 9.53 Å². The average molecular weight is 227 g/mol. The van der Waals surface area contributed by atoms with Crippen LogP contribution in [0.4, 0.5) is 0 Å². The summed E-state index contributed by atoms with van der Waals surface area (Å²) in [6.45, 7) is 11.2. The highest BCUT2D eigenvalue weighted by molar-refractivity contribution is 5.70. The zero-order valence-electron chi connectivity index (χ0n) is 11.2. The SMILES string of the molecule is CC(C)N1CCC[C@H]1CC(=O)OC(C)(C)C. The molecule has 1 saturated heterocycles. The Bertz CT molecular complexity index is 243. The number of hydrogen-bond acceptors (Lipinski definition) is 3. The third kappa shape index (κ3) is 4.12. The largest absolute Gasteiger partial charge is 0.460 e. The first-order chi connectivity index (χ1) is 7.29. The van der Waals surface area contributed by atoms with Crippen molar-refractivity contribution in [3.05, 3.63) is 0 Å². The van der Waals surface area contributed by atoms with Crippen molar-refractivity contribution in [3.8, 4) is 0 Å². The molecule has 0 amide bonds. The minimum Gasteiger partial charge on any atom is -0.460 e. The number of hydrogen-bond donors (Lipinski definition) is 0. The Balaban J connectivity index is 2.44. The van der Waals surface area contributed by atoms with E-state index in [9.17, 15) is 4.79 Å². The maximum absolute atomic E-state index is 11.7. The van der Waals surface area contributed by atoms with Crippen LogP contribution in [0.15, 0.2) is 0 Å². The van der Waals surface area contributed by atoms with E-state index >= 15 is 0 Å². The predicted molar refractivity (Wildman–Crippen MR) is 65.3 cm³/mol. The second kappa shape index (κ2) is 5.17. The van der Waals surface area contributed by atoms with Crippen LogP contribution in [0, 0.1) is 0 Å². The normalized spacial score (nSPS) is 22.8. The van der Waals surface area contributed by atoms with E-state index < -0.39 is 0 Å². The summed E-state index contributed by atoms with van der Waals surface area (Å²) in [5.41, 5.74) is -0.363. The topological polar surface area (TPSA) is 29.5 Å². The van der Waals surface area contributed by atoms with Crippen LogP contribution in [0.3, 0.4) is 0 Å². The van der Waals surface area contributed by atoms with Crippen molar-refractivity contribution in [1.29, 1.82) is 0 Å². The first-order valence-electron chi connectivity index (χ1n) is 6.27. The Hall–Kier alpha value is -0.570. The summed E-state index contributed by atoms with van der Waals surface area (Å²) < 4.78 is 5.36. The molecule has 0 N–H and O–H groups in total. The fourth-order valence-electron chi connectivity index (χ4n) is 2.33. The van der Waals surface area contributed by atoms with Gasteiger partial charge in [0.05, 0.1) is 6.42 Å². The first kappa shape index (κ1) is 13.5. The van der Waals surface area contributed by atoms with Crippen LogP contribution in [0.1, 0.15) is 53.9 Å². The summed E-state index contributed by atoms with van der Waals surface area (Å²) in [5.74, 6) is -0.0648. The van der Waals surface area contributed by atoms with E-state index in [1.807, 2.05) is 20.8 Å². The van der Waals surface area contributed by atoms with E-state index in [2.05, 4.69) is 18.7 Å². The number of carbonyl (C=O) groups is 1. The number of esters is 1. The number of ether oxygens (including phenoxy) is 1. The van der Waals surface area contributed by atoms with Gasteiger partial charge in [0.15, 0.2) is 0 Å². The molecule has 0 spiro atoms. The second-order valence-corrected chi connectivity index (χ2v) is 5.92. The molecule has 16 heavy (non-hydrogen) atoms. The maximum atomic E-state index is 11.7. The van der Waals surface area contributed by atoms with Gasteiger partial charge in [-0.25, -0.2) is 0 Å². The fourth-order valence-corrected chi connectivity index (χ4v) is 2.33. The van der Waals surface area contributed by atoms with Crippen LogP contribution >= 0.6 is 0 Å². The van der Waals surface area contributed by atoms with Crippen molar-refractivity contribution in [1.82, 2.24) is 4.90 Å². The average Bonchev–Trinajstić information content (AvgIpc) is 2.47. The Labute approximate surface area is 99.1 Å². The lowest BCUT2D eigenvalue weighted by molar-refractivity contribution is -0.156. The van der Waals surface area contributed by atoms with Gasteiger partial charge in [0.2, 0.25) is 0 Å². The van der Waals surface area contributed by atoms with Gasteiger partial charge in [-0.1, -0.05) is 0 Å². The van der Waals surface area contributed by atoms with Gasteiger partial charge >= 0.3 is 5.97 Å². The Kier molecular flexibility index (Phi) is 4.36. The van der Waals surface area contributed by atoms with Crippen molar-refractivity contribution >= 4 is 5.97 Å². The number of likely N-dealkylation sites (tertiary alicyclic amines) is 1. The zero-order valence-corrected chi connectivity index (χ0v) is 11.2. The monoisotopic (exact) mass is 227 g/mol. The molecule has 1 aliphatic rings. The van der Waals surface area contributed by atoms with Crippen LogP contribution in [-0.2, 0) is 9.53 Å². The Morgan fingerprint density at radius 1 is 1.44 bits per heavy atom. The lowest BCUT2D eigenvalue weighted by atomic mass is 10.1. The molecule has 0 aromatic rings. The van der Waals surface area contributed by atoms with Crippen molar-refractivity contribution in [2.24, 2.45) is 0 Å². The minimum atomic E-state index is -0.363. The molecule has 94 valence electrons. The number of rotatable bonds is 3. The van der Waals surface area contributed by atoms with Gasteiger partial charge in [0.1, 0.15) is 5.60 Å². The molecule has 1 aliphatic heterocycles. The fraction of sp³-hybridized carbons (Fsp3) is 0.923. The molecule has 1 rings (SSSR count). The van der Waals surface area contributed by atoms with E-state index in [1.54, 1.807) is 0 Å². The molecule has 0 radical (unpaired) electrons. The molecule has 0 aromatic heterocycles. The molecule has 0 bridgehead atoms. The highest BCUT2D eigenvalue weighted by Gasteiger charge is 2.29. The summed E-state index contributed by atoms with van der Waals surface area (Å²) in [4.78, 5) is 14.1. The highest BCUT2D eigenvalue weighted by atomic mass is 16.6. The van der Waals surface area contributed by atoms with Crippen LogP contribution < -0.4 is 0 Å². The van der Waals surface area contributed by atoms with Gasteiger partial charge in [0, 0.05) is 12.1 Å². The van der Waals surface area contributed by atoms with E-state index in [4.69, 9.17) is 4.74 Å². The van der Waals surface area contributed by atoms with Gasteiger partial charge in [-0.15, -0.1) is 0 Å². The van der Waals surface area contributed by atoms with Crippen LogP contribution in [0.5, 0.6) is 0 Å². The first-order valence-corrected chi connectivity index (χ1v) is 6.27. The van der Waals surface area contributed by atoms with E-state index in [0.29, 0.717) is 18.5 Å². The van der Waals surface area contributed by atoms with Gasteiger partial charge in [-0.2, -0.15) is 0 Å². The van der Waals surface area contributed by atoms with Gasteiger partial charge in [-0.3, -0.25) is 9.69 Å². The van der Waals surface area contributed by atoms with Crippen molar-refractivity contribution in [3.63, 3.8) is 0 Å². The third-order valence-corrected chi connectivity index (χ3v) is 2.91. The third-order valence-electron chi connectivity index (χ3n) is 2.91. The van der Waals surface area contributed by atoms with E-state index in [0.717, 1.165) is 13.0 Å². The lowest BCUT2D eigenvalue weighted by Crippen LogP contribution is -2.38. The molecule has 0 aliphatic carbocycles. The van der Waals surface area contributed by atoms with Gasteiger partial charge in [0.25, 0.3) is 0 Å². The predicted octanol–water partition coefficient (Wildman–Crippen LogP) is 2.59. The van der Waals surface area contributed by atoms with Crippen LogP contribution in [-0.4, -0.2) is 35.1 Å². The lowest BCUT2D eigenvalue weighted by Gasteiger charge is -2.28. The quantitative estimate of drug-likeness (QED) is 0.694. The summed E-state index contributed by atoms with van der Waals surface area (Å²) in [7, 11) is 0.